The summed E-state index contributed by atoms with van der Waals surface area (Å²) in [4.78, 5) is 15.4. The van der Waals surface area contributed by atoms with E-state index in [2.05, 4.69) is 40.1 Å². The number of aromatic nitrogens is 2. The van der Waals surface area contributed by atoms with Crippen molar-refractivity contribution in [2.75, 3.05) is 13.1 Å². The number of morpholine rings is 1. The summed E-state index contributed by atoms with van der Waals surface area (Å²) in [5.74, 6) is 0.832. The summed E-state index contributed by atoms with van der Waals surface area (Å²) in [6.45, 7) is 9.77. The van der Waals surface area contributed by atoms with Gasteiger partial charge in [-0.3, -0.25) is 4.79 Å². The standard InChI is InChI=1S/C31H30ClN3O3/c1-18-15-34(16-19(2)37-18)31(36)24-9-11-28-27(13-24)26-10-8-23(30-20(3)33-38-21(30)4)14-29(26)35(28)17-22-6-5-7-25(32)12-22/h5-14,18-19H,15-17H2,1-4H3/t18-,19+. The molecule has 3 heterocycles. The summed E-state index contributed by atoms with van der Waals surface area (Å²) in [7, 11) is 0. The smallest absolute Gasteiger partial charge is 0.254 e. The molecule has 1 saturated heterocycles. The highest BCUT2D eigenvalue weighted by atomic mass is 35.5. The van der Waals surface area contributed by atoms with Gasteiger partial charge in [0.05, 0.1) is 23.4 Å². The van der Waals surface area contributed by atoms with Gasteiger partial charge in [-0.15, -0.1) is 0 Å². The van der Waals surface area contributed by atoms with Crippen LogP contribution in [0.4, 0.5) is 0 Å². The van der Waals surface area contributed by atoms with E-state index in [4.69, 9.17) is 20.9 Å². The lowest BCUT2D eigenvalue weighted by atomic mass is 10.0. The molecule has 1 aliphatic rings. The first-order valence-electron chi connectivity index (χ1n) is 13.0. The minimum absolute atomic E-state index is 0.0220. The van der Waals surface area contributed by atoms with Crippen LogP contribution < -0.4 is 0 Å². The van der Waals surface area contributed by atoms with Gasteiger partial charge in [-0.05, 0) is 75.2 Å². The van der Waals surface area contributed by atoms with Crippen LogP contribution in [0.25, 0.3) is 32.9 Å². The number of halogens is 1. The highest BCUT2D eigenvalue weighted by Crippen LogP contribution is 2.36. The lowest BCUT2D eigenvalue weighted by Gasteiger charge is -2.35. The molecule has 2 atom stereocenters. The van der Waals surface area contributed by atoms with Crippen molar-refractivity contribution in [1.82, 2.24) is 14.6 Å². The number of ether oxygens (including phenoxy) is 1. The average Bonchev–Trinajstić information content (AvgIpc) is 3.38. The van der Waals surface area contributed by atoms with E-state index in [-0.39, 0.29) is 18.1 Å². The Labute approximate surface area is 226 Å². The van der Waals surface area contributed by atoms with E-state index in [1.165, 1.54) is 0 Å². The van der Waals surface area contributed by atoms with Crippen LogP contribution >= 0.6 is 11.6 Å². The Morgan fingerprint density at radius 2 is 1.76 bits per heavy atom. The Balaban J connectivity index is 1.51. The van der Waals surface area contributed by atoms with Crippen molar-refractivity contribution < 1.29 is 14.1 Å². The maximum Gasteiger partial charge on any atom is 0.254 e. The van der Waals surface area contributed by atoms with E-state index in [1.807, 2.05) is 62.9 Å². The monoisotopic (exact) mass is 527 g/mol. The van der Waals surface area contributed by atoms with Crippen molar-refractivity contribution in [2.24, 2.45) is 0 Å². The molecule has 0 saturated carbocycles. The molecule has 0 N–H and O–H groups in total. The lowest BCUT2D eigenvalue weighted by Crippen LogP contribution is -2.48. The van der Waals surface area contributed by atoms with Crippen LogP contribution in [0.5, 0.6) is 0 Å². The fraction of sp³-hybridized carbons (Fsp3) is 0.290. The molecule has 0 spiro atoms. The van der Waals surface area contributed by atoms with Crippen LogP contribution in [0.15, 0.2) is 65.2 Å². The SMILES string of the molecule is Cc1noc(C)c1-c1ccc2c3cc(C(=O)N4C[C@@H](C)O[C@@H](C)C4)ccc3n(Cc3cccc(Cl)c3)c2c1. The summed E-state index contributed by atoms with van der Waals surface area (Å²) < 4.78 is 13.6. The number of fused-ring (bicyclic) bond motifs is 3. The second kappa shape index (κ2) is 9.61. The van der Waals surface area contributed by atoms with Gasteiger partial charge in [0.25, 0.3) is 5.91 Å². The van der Waals surface area contributed by atoms with Crippen molar-refractivity contribution >= 4 is 39.3 Å². The third kappa shape index (κ3) is 4.38. The predicted molar refractivity (Wildman–Crippen MR) is 151 cm³/mol. The number of benzene rings is 3. The molecule has 0 radical (unpaired) electrons. The molecule has 0 aliphatic carbocycles. The first kappa shape index (κ1) is 24.7. The van der Waals surface area contributed by atoms with Crippen LogP contribution in [0, 0.1) is 13.8 Å². The minimum atomic E-state index is 0.0220. The third-order valence-corrected chi connectivity index (χ3v) is 7.61. The molecule has 7 heteroatoms. The summed E-state index contributed by atoms with van der Waals surface area (Å²) in [6.07, 6.45) is 0.0440. The van der Waals surface area contributed by atoms with Crippen molar-refractivity contribution in [2.45, 2.75) is 46.4 Å². The fourth-order valence-corrected chi connectivity index (χ4v) is 6.01. The molecule has 1 aliphatic heterocycles. The summed E-state index contributed by atoms with van der Waals surface area (Å²) >= 11 is 6.32. The molecule has 0 bridgehead atoms. The van der Waals surface area contributed by atoms with Gasteiger partial charge in [0, 0.05) is 52.1 Å². The van der Waals surface area contributed by atoms with Crippen molar-refractivity contribution in [3.8, 4) is 11.1 Å². The second-order valence-corrected chi connectivity index (χ2v) is 10.8. The molecule has 2 aromatic heterocycles. The molecule has 5 aromatic rings. The van der Waals surface area contributed by atoms with Gasteiger partial charge in [0.15, 0.2) is 0 Å². The molecule has 1 amide bonds. The zero-order valence-electron chi connectivity index (χ0n) is 22.0. The Hall–Kier alpha value is -3.61. The first-order chi connectivity index (χ1) is 18.3. The maximum absolute atomic E-state index is 13.5. The Kier molecular flexibility index (Phi) is 6.25. The molecule has 3 aromatic carbocycles. The fourth-order valence-electron chi connectivity index (χ4n) is 5.80. The number of nitrogens with zero attached hydrogens (tertiary/aromatic N) is 3. The second-order valence-electron chi connectivity index (χ2n) is 10.3. The molecule has 6 nitrogen and oxygen atoms in total. The van der Waals surface area contributed by atoms with Crippen molar-refractivity contribution in [3.05, 3.63) is 88.3 Å². The normalized spacial score (nSPS) is 18.0. The van der Waals surface area contributed by atoms with Crippen LogP contribution in [-0.4, -0.2) is 45.8 Å². The Morgan fingerprint density at radius 1 is 0.974 bits per heavy atom. The first-order valence-corrected chi connectivity index (χ1v) is 13.3. The van der Waals surface area contributed by atoms with Crippen LogP contribution in [0.2, 0.25) is 5.02 Å². The number of aryl methyl sites for hydroxylation is 2. The number of hydrogen-bond donors (Lipinski definition) is 0. The molecule has 38 heavy (non-hydrogen) atoms. The number of carbonyl (C=O) groups excluding carboxylic acids is 1. The van der Waals surface area contributed by atoms with Crippen LogP contribution in [0.1, 0.15) is 41.2 Å². The van der Waals surface area contributed by atoms with E-state index in [9.17, 15) is 4.79 Å². The van der Waals surface area contributed by atoms with E-state index >= 15 is 0 Å². The number of rotatable bonds is 4. The quantitative estimate of drug-likeness (QED) is 0.252. The van der Waals surface area contributed by atoms with Gasteiger partial charge in [-0.25, -0.2) is 0 Å². The zero-order valence-corrected chi connectivity index (χ0v) is 22.7. The molecular weight excluding hydrogens is 498 g/mol. The highest BCUT2D eigenvalue weighted by Gasteiger charge is 2.27. The maximum atomic E-state index is 13.5. The lowest BCUT2D eigenvalue weighted by molar-refractivity contribution is -0.0586. The predicted octanol–water partition coefficient (Wildman–Crippen LogP) is 7.02. The van der Waals surface area contributed by atoms with E-state index in [1.54, 1.807) is 0 Å². The molecule has 194 valence electrons. The molecule has 1 fully saturated rings. The van der Waals surface area contributed by atoms with Gasteiger partial charge >= 0.3 is 0 Å². The van der Waals surface area contributed by atoms with Crippen molar-refractivity contribution in [1.29, 1.82) is 0 Å². The molecule has 6 rings (SSSR count). The van der Waals surface area contributed by atoms with E-state index in [0.717, 1.165) is 50.0 Å². The largest absolute Gasteiger partial charge is 0.372 e. The summed E-state index contributed by atoms with van der Waals surface area (Å²) in [5, 5.41) is 7.01. The van der Waals surface area contributed by atoms with Gasteiger partial charge in [0.1, 0.15) is 5.76 Å². The number of carbonyl (C=O) groups is 1. The number of amides is 1. The Bertz CT molecular complexity index is 1660. The molecular formula is C31H30ClN3O3. The Morgan fingerprint density at radius 3 is 2.47 bits per heavy atom. The zero-order chi connectivity index (χ0) is 26.6. The average molecular weight is 528 g/mol. The van der Waals surface area contributed by atoms with Crippen molar-refractivity contribution in [3.63, 3.8) is 0 Å². The van der Waals surface area contributed by atoms with Gasteiger partial charge < -0.3 is 18.7 Å². The van der Waals surface area contributed by atoms with Gasteiger partial charge in [-0.1, -0.05) is 41.0 Å². The van der Waals surface area contributed by atoms with E-state index < -0.39 is 0 Å². The third-order valence-electron chi connectivity index (χ3n) is 7.37. The number of hydrogen-bond acceptors (Lipinski definition) is 4. The summed E-state index contributed by atoms with van der Waals surface area (Å²) in [5.41, 5.74) is 6.87. The van der Waals surface area contributed by atoms with Crippen LogP contribution in [-0.2, 0) is 11.3 Å². The van der Waals surface area contributed by atoms with Crippen LogP contribution in [0.3, 0.4) is 0 Å². The van der Waals surface area contributed by atoms with Gasteiger partial charge in [-0.2, -0.15) is 0 Å². The van der Waals surface area contributed by atoms with E-state index in [0.29, 0.717) is 30.2 Å². The highest BCUT2D eigenvalue weighted by molar-refractivity contribution is 6.30. The minimum Gasteiger partial charge on any atom is -0.372 e. The topological polar surface area (TPSA) is 60.5 Å². The van der Waals surface area contributed by atoms with Gasteiger partial charge in [0.2, 0.25) is 0 Å². The summed E-state index contributed by atoms with van der Waals surface area (Å²) in [6, 6.07) is 20.4. The molecule has 0 unspecified atom stereocenters.